The molecule has 0 aliphatic heterocycles. The second-order valence-electron chi connectivity index (χ2n) is 4.15. The normalized spacial score (nSPS) is 12.6. The number of Topliss-reactive ketones (excluding diaryl/α,β-unsaturated/α-hetero) is 1. The molecule has 2 N–H and O–H groups in total. The average molecular weight is 341 g/mol. The smallest absolute Gasteiger partial charge is 0.480 e. The van der Waals surface area contributed by atoms with E-state index in [1.165, 1.54) is 5.48 Å². The molecule has 6 nitrogen and oxygen atoms in total. The van der Waals surface area contributed by atoms with E-state index in [1.807, 2.05) is 0 Å². The summed E-state index contributed by atoms with van der Waals surface area (Å²) in [6, 6.07) is -0.255. The maximum atomic E-state index is 13.4. The number of carboxylic acid groups (broad SMARTS) is 1. The Morgan fingerprint density at radius 3 is 2.35 bits per heavy atom. The predicted molar refractivity (Wildman–Crippen MR) is 62.0 cm³/mol. The van der Waals surface area contributed by atoms with Crippen molar-refractivity contribution in [3.63, 3.8) is 0 Å². The van der Waals surface area contributed by atoms with Gasteiger partial charge >= 0.3 is 18.1 Å². The van der Waals surface area contributed by atoms with Crippen molar-refractivity contribution in [1.82, 2.24) is 5.48 Å². The van der Waals surface area contributed by atoms with Crippen LogP contribution in [-0.2, 0) is 14.4 Å². The zero-order valence-electron chi connectivity index (χ0n) is 11.0. The van der Waals surface area contributed by atoms with Gasteiger partial charge in [0, 0.05) is 6.42 Å². The van der Waals surface area contributed by atoms with Gasteiger partial charge in [-0.25, -0.2) is 13.6 Å². The van der Waals surface area contributed by atoms with Gasteiger partial charge in [0.25, 0.3) is 0 Å². The predicted octanol–water partition coefficient (Wildman–Crippen LogP) is 1.60. The summed E-state index contributed by atoms with van der Waals surface area (Å²) < 4.78 is 62.0. The van der Waals surface area contributed by atoms with Crippen molar-refractivity contribution in [2.24, 2.45) is 0 Å². The lowest BCUT2D eigenvalue weighted by Crippen LogP contribution is -2.42. The summed E-state index contributed by atoms with van der Waals surface area (Å²) in [7, 11) is 0. The van der Waals surface area contributed by atoms with E-state index in [1.54, 1.807) is 0 Å². The molecule has 126 valence electrons. The largest absolute Gasteiger partial charge is 0.492 e. The molecule has 1 aromatic rings. The van der Waals surface area contributed by atoms with Crippen molar-refractivity contribution < 1.29 is 46.3 Å². The van der Waals surface area contributed by atoms with E-state index in [0.717, 1.165) is 0 Å². The van der Waals surface area contributed by atoms with Crippen LogP contribution >= 0.6 is 0 Å². The first-order valence-corrected chi connectivity index (χ1v) is 5.77. The van der Waals surface area contributed by atoms with Crippen LogP contribution in [0.15, 0.2) is 18.2 Å². The molecule has 11 heteroatoms. The number of hydrogen-bond acceptors (Lipinski definition) is 5. The lowest BCUT2D eigenvalue weighted by atomic mass is 10.0. The van der Waals surface area contributed by atoms with E-state index in [9.17, 15) is 36.3 Å². The lowest BCUT2D eigenvalue weighted by molar-refractivity contribution is -0.209. The minimum absolute atomic E-state index is 0.498. The van der Waals surface area contributed by atoms with Gasteiger partial charge in [0.2, 0.25) is 0 Å². The van der Waals surface area contributed by atoms with Crippen molar-refractivity contribution in [3.8, 4) is 0 Å². The highest BCUT2D eigenvalue weighted by atomic mass is 19.4. The third kappa shape index (κ3) is 5.29. The Kier molecular flexibility index (Phi) is 5.73. The molecule has 0 aliphatic carbocycles. The quantitative estimate of drug-likeness (QED) is 0.464. The summed E-state index contributed by atoms with van der Waals surface area (Å²) in [5.74, 6) is -7.91. The summed E-state index contributed by atoms with van der Waals surface area (Å²) in [6.07, 6.45) is -6.46. The first kappa shape index (κ1) is 18.5. The van der Waals surface area contributed by atoms with Crippen LogP contribution < -0.4 is 5.48 Å². The number of nitrogens with one attached hydrogen (secondary N) is 1. The van der Waals surface area contributed by atoms with E-state index in [4.69, 9.17) is 5.11 Å². The Morgan fingerprint density at radius 2 is 1.83 bits per heavy atom. The zero-order chi connectivity index (χ0) is 17.8. The number of alkyl halides is 3. The van der Waals surface area contributed by atoms with Crippen LogP contribution in [0.1, 0.15) is 16.8 Å². The molecule has 0 saturated carbocycles. The summed E-state index contributed by atoms with van der Waals surface area (Å²) in [4.78, 5) is 36.5. The van der Waals surface area contributed by atoms with Gasteiger partial charge in [-0.3, -0.25) is 9.59 Å². The number of ketones is 1. The Morgan fingerprint density at radius 1 is 1.22 bits per heavy atom. The standard InChI is InChI=1S/C12H8F5NO5/c13-5-1-2-7(14)6(3-5)9(19)4-8(10(20)21)18-23-11(22)12(15,16)17/h1-3,8,18H,4H2,(H,20,21)/t8-/m0/s1. The Hall–Kier alpha value is -2.56. The molecule has 0 amide bonds. The highest BCUT2D eigenvalue weighted by molar-refractivity contribution is 5.99. The SMILES string of the molecule is O=C(C[C@H](NOC(=O)C(F)(F)F)C(=O)O)c1cc(F)ccc1F. The second-order valence-corrected chi connectivity index (χ2v) is 4.15. The molecule has 1 aromatic carbocycles. The fourth-order valence-corrected chi connectivity index (χ4v) is 1.37. The van der Waals surface area contributed by atoms with E-state index in [0.29, 0.717) is 18.2 Å². The fraction of sp³-hybridized carbons (Fsp3) is 0.250. The third-order valence-corrected chi connectivity index (χ3v) is 2.44. The number of rotatable bonds is 6. The molecule has 1 rings (SSSR count). The summed E-state index contributed by atoms with van der Waals surface area (Å²) in [6.45, 7) is 0. The van der Waals surface area contributed by atoms with Crippen LogP contribution in [0.4, 0.5) is 22.0 Å². The number of hydroxylamine groups is 1. The van der Waals surface area contributed by atoms with E-state index < -0.39 is 53.6 Å². The summed E-state index contributed by atoms with van der Waals surface area (Å²) in [5.41, 5.74) is 0.463. The summed E-state index contributed by atoms with van der Waals surface area (Å²) >= 11 is 0. The Balaban J connectivity index is 2.80. The van der Waals surface area contributed by atoms with Gasteiger partial charge in [-0.15, -0.1) is 5.48 Å². The minimum atomic E-state index is -5.38. The minimum Gasteiger partial charge on any atom is -0.480 e. The molecular weight excluding hydrogens is 333 g/mol. The second kappa shape index (κ2) is 7.13. The number of carboxylic acids is 1. The van der Waals surface area contributed by atoms with Crippen LogP contribution in [0.25, 0.3) is 0 Å². The Bertz CT molecular complexity index is 631. The van der Waals surface area contributed by atoms with Crippen LogP contribution in [0.5, 0.6) is 0 Å². The van der Waals surface area contributed by atoms with Crippen molar-refractivity contribution in [2.75, 3.05) is 0 Å². The van der Waals surface area contributed by atoms with Gasteiger partial charge in [-0.2, -0.15) is 13.2 Å². The number of carbonyl (C=O) groups is 3. The zero-order valence-corrected chi connectivity index (χ0v) is 11.0. The van der Waals surface area contributed by atoms with Gasteiger partial charge in [-0.05, 0) is 18.2 Å². The topological polar surface area (TPSA) is 92.7 Å². The molecule has 0 unspecified atom stereocenters. The fourth-order valence-electron chi connectivity index (χ4n) is 1.37. The highest BCUT2D eigenvalue weighted by Gasteiger charge is 2.42. The van der Waals surface area contributed by atoms with Gasteiger partial charge in [0.05, 0.1) is 5.56 Å². The van der Waals surface area contributed by atoms with E-state index in [-0.39, 0.29) is 0 Å². The van der Waals surface area contributed by atoms with Crippen LogP contribution in [-0.4, -0.2) is 35.0 Å². The van der Waals surface area contributed by atoms with Gasteiger partial charge < -0.3 is 9.94 Å². The maximum Gasteiger partial charge on any atom is 0.492 e. The first-order chi connectivity index (χ1) is 10.5. The molecule has 0 spiro atoms. The molecule has 0 aliphatic rings. The van der Waals surface area contributed by atoms with Crippen molar-refractivity contribution in [1.29, 1.82) is 0 Å². The summed E-state index contributed by atoms with van der Waals surface area (Å²) in [5, 5.41) is 8.75. The Labute approximate surface area is 124 Å². The number of aliphatic carboxylic acids is 1. The van der Waals surface area contributed by atoms with E-state index in [2.05, 4.69) is 4.84 Å². The first-order valence-electron chi connectivity index (χ1n) is 5.77. The molecule has 0 radical (unpaired) electrons. The van der Waals surface area contributed by atoms with Gasteiger partial charge in [-0.1, -0.05) is 0 Å². The number of halogens is 5. The molecule has 1 atom stereocenters. The highest BCUT2D eigenvalue weighted by Crippen LogP contribution is 2.16. The van der Waals surface area contributed by atoms with Crippen LogP contribution in [0, 0.1) is 11.6 Å². The van der Waals surface area contributed by atoms with Crippen LogP contribution in [0.3, 0.4) is 0 Å². The molecule has 0 aromatic heterocycles. The monoisotopic (exact) mass is 341 g/mol. The van der Waals surface area contributed by atoms with Gasteiger partial charge in [0.15, 0.2) is 5.78 Å². The molecule has 23 heavy (non-hydrogen) atoms. The number of carbonyl (C=O) groups excluding carboxylic acids is 2. The van der Waals surface area contributed by atoms with Crippen molar-refractivity contribution >= 4 is 17.7 Å². The number of hydrogen-bond donors (Lipinski definition) is 2. The van der Waals surface area contributed by atoms with Gasteiger partial charge in [0.1, 0.15) is 17.7 Å². The molecule has 0 fully saturated rings. The maximum absolute atomic E-state index is 13.4. The molecule has 0 heterocycles. The van der Waals surface area contributed by atoms with Crippen molar-refractivity contribution in [2.45, 2.75) is 18.6 Å². The molecule has 0 saturated heterocycles. The molecule has 0 bridgehead atoms. The van der Waals surface area contributed by atoms with E-state index >= 15 is 0 Å². The third-order valence-electron chi connectivity index (χ3n) is 2.44. The average Bonchev–Trinajstić information content (AvgIpc) is 2.43. The number of benzene rings is 1. The molecular formula is C12H8F5NO5. The van der Waals surface area contributed by atoms with Crippen molar-refractivity contribution in [3.05, 3.63) is 35.4 Å². The van der Waals surface area contributed by atoms with Crippen LogP contribution in [0.2, 0.25) is 0 Å². The lowest BCUT2D eigenvalue weighted by Gasteiger charge is -2.14.